The molecule has 18 heavy (non-hydrogen) atoms. The first kappa shape index (κ1) is 14.9. The molecule has 0 radical (unpaired) electrons. The van der Waals surface area contributed by atoms with Gasteiger partial charge in [-0.25, -0.2) is 4.79 Å². The number of rotatable bonds is 4. The van der Waals surface area contributed by atoms with Gasteiger partial charge in [0.15, 0.2) is 5.15 Å². The van der Waals surface area contributed by atoms with E-state index >= 15 is 0 Å². The summed E-state index contributed by atoms with van der Waals surface area (Å²) in [6, 6.07) is 0. The van der Waals surface area contributed by atoms with Crippen LogP contribution in [-0.4, -0.2) is 35.1 Å². The number of halogens is 2. The van der Waals surface area contributed by atoms with Crippen LogP contribution in [0.5, 0.6) is 0 Å². The summed E-state index contributed by atoms with van der Waals surface area (Å²) in [7, 11) is 3.77. The summed E-state index contributed by atoms with van der Waals surface area (Å²) in [6.45, 7) is 4.56. The Morgan fingerprint density at radius 2 is 1.94 bits per heavy atom. The Morgan fingerprint density at radius 3 is 2.44 bits per heavy atom. The Hall–Kier alpha value is -1.14. The third-order valence-corrected chi connectivity index (χ3v) is 2.68. The zero-order valence-corrected chi connectivity index (χ0v) is 11.6. The van der Waals surface area contributed by atoms with Gasteiger partial charge < -0.3 is 4.90 Å². The molecule has 0 saturated heterocycles. The molecule has 0 amide bonds. The predicted molar refractivity (Wildman–Crippen MR) is 68.6 cm³/mol. The lowest BCUT2D eigenvalue weighted by Gasteiger charge is -2.28. The Kier molecular flexibility index (Phi) is 4.34. The van der Waals surface area contributed by atoms with E-state index in [1.165, 1.54) is 0 Å². The van der Waals surface area contributed by atoms with Gasteiger partial charge in [0.1, 0.15) is 0 Å². The van der Waals surface area contributed by atoms with Crippen LogP contribution in [0.4, 0.5) is 4.39 Å². The first-order valence-electron chi connectivity index (χ1n) is 5.47. The van der Waals surface area contributed by atoms with Gasteiger partial charge in [-0.15, -0.1) is 0 Å². The molecule has 5 nitrogen and oxygen atoms in total. The maximum absolute atomic E-state index is 13.4. The Labute approximate surface area is 109 Å². The van der Waals surface area contributed by atoms with Gasteiger partial charge >= 0.3 is 5.69 Å². The van der Waals surface area contributed by atoms with Crippen molar-refractivity contribution in [2.24, 2.45) is 5.41 Å². The van der Waals surface area contributed by atoms with E-state index in [1.807, 2.05) is 32.8 Å². The second kappa shape index (κ2) is 5.24. The molecule has 0 aliphatic rings. The molecule has 0 spiro atoms. The quantitative estimate of drug-likeness (QED) is 0.833. The van der Waals surface area contributed by atoms with Crippen LogP contribution in [0.15, 0.2) is 9.59 Å². The van der Waals surface area contributed by atoms with Gasteiger partial charge in [0.2, 0.25) is 5.82 Å². The number of nitrogens with zero attached hydrogens (tertiary/aromatic N) is 2. The van der Waals surface area contributed by atoms with Crippen LogP contribution in [0.3, 0.4) is 0 Å². The van der Waals surface area contributed by atoms with Gasteiger partial charge in [-0.05, 0) is 19.5 Å². The van der Waals surface area contributed by atoms with Gasteiger partial charge in [0.05, 0.1) is 0 Å². The highest BCUT2D eigenvalue weighted by molar-refractivity contribution is 6.29. The van der Waals surface area contributed by atoms with Gasteiger partial charge in [-0.2, -0.15) is 4.39 Å². The molecule has 0 aliphatic heterocycles. The van der Waals surface area contributed by atoms with E-state index in [0.717, 1.165) is 4.57 Å². The first-order valence-corrected chi connectivity index (χ1v) is 5.85. The smallest absolute Gasteiger partial charge is 0.309 e. The minimum Gasteiger partial charge on any atom is -0.309 e. The lowest BCUT2D eigenvalue weighted by atomic mass is 9.93. The second-order valence-electron chi connectivity index (χ2n) is 5.35. The summed E-state index contributed by atoms with van der Waals surface area (Å²) in [6.07, 6.45) is 0. The summed E-state index contributed by atoms with van der Waals surface area (Å²) < 4.78 is 14.2. The second-order valence-corrected chi connectivity index (χ2v) is 5.73. The number of H-pyrrole nitrogens is 1. The molecule has 7 heteroatoms. The highest BCUT2D eigenvalue weighted by Gasteiger charge is 2.23. The average Bonchev–Trinajstić information content (AvgIpc) is 2.19. The summed E-state index contributed by atoms with van der Waals surface area (Å²) in [5.41, 5.74) is -2.03. The molecule has 0 fully saturated rings. The van der Waals surface area contributed by atoms with Crippen LogP contribution in [0.2, 0.25) is 5.15 Å². The lowest BCUT2D eigenvalue weighted by molar-refractivity contribution is 0.205. The molecule has 1 N–H and O–H groups in total. The number of hydrogen-bond acceptors (Lipinski definition) is 3. The first-order chi connectivity index (χ1) is 8.14. The third-order valence-electron chi connectivity index (χ3n) is 2.42. The van der Waals surface area contributed by atoms with Crippen molar-refractivity contribution in [3.63, 3.8) is 0 Å². The van der Waals surface area contributed by atoms with E-state index in [4.69, 9.17) is 11.6 Å². The van der Waals surface area contributed by atoms with Gasteiger partial charge in [-0.3, -0.25) is 14.3 Å². The van der Waals surface area contributed by atoms with Crippen molar-refractivity contribution in [3.05, 3.63) is 31.8 Å². The number of aromatic nitrogens is 2. The highest BCUT2D eigenvalue weighted by atomic mass is 35.5. The summed E-state index contributed by atoms with van der Waals surface area (Å²) in [5.74, 6) is -1.13. The van der Waals surface area contributed by atoms with Crippen molar-refractivity contribution in [3.8, 4) is 0 Å². The maximum Gasteiger partial charge on any atom is 0.329 e. The normalized spacial score (nSPS) is 12.2. The fourth-order valence-electron chi connectivity index (χ4n) is 2.00. The predicted octanol–water partition coefficient (Wildman–Crippen LogP) is 0.917. The number of aromatic amines is 1. The van der Waals surface area contributed by atoms with Gasteiger partial charge in [0, 0.05) is 13.1 Å². The van der Waals surface area contributed by atoms with Crippen LogP contribution in [0.1, 0.15) is 13.8 Å². The highest BCUT2D eigenvalue weighted by Crippen LogP contribution is 2.17. The van der Waals surface area contributed by atoms with E-state index in [1.54, 1.807) is 0 Å². The van der Waals surface area contributed by atoms with Gasteiger partial charge in [-0.1, -0.05) is 25.4 Å². The Morgan fingerprint density at radius 1 is 1.39 bits per heavy atom. The van der Waals surface area contributed by atoms with Crippen molar-refractivity contribution >= 4 is 11.6 Å². The molecular formula is C11H17ClFN3O2. The van der Waals surface area contributed by atoms with E-state index in [0.29, 0.717) is 6.54 Å². The standard InChI is InChI=1S/C11H17ClFN3O2/c1-11(2,5-15(3)4)6-16-9(17)7(13)8(12)14-10(16)18/h5-6H2,1-4H3,(H,14,18). The van der Waals surface area contributed by atoms with Crippen LogP contribution >= 0.6 is 11.6 Å². The van der Waals surface area contributed by atoms with Crippen molar-refractivity contribution in [1.29, 1.82) is 0 Å². The lowest BCUT2D eigenvalue weighted by Crippen LogP contribution is -2.43. The minimum absolute atomic E-state index is 0.118. The average molecular weight is 278 g/mol. The van der Waals surface area contributed by atoms with Crippen molar-refractivity contribution in [2.75, 3.05) is 20.6 Å². The van der Waals surface area contributed by atoms with Crippen molar-refractivity contribution in [2.45, 2.75) is 20.4 Å². The molecule has 1 heterocycles. The topological polar surface area (TPSA) is 58.1 Å². The summed E-state index contributed by atoms with van der Waals surface area (Å²) >= 11 is 5.39. The third kappa shape index (κ3) is 3.43. The van der Waals surface area contributed by atoms with Crippen LogP contribution in [0.25, 0.3) is 0 Å². The summed E-state index contributed by atoms with van der Waals surface area (Å²) in [4.78, 5) is 27.3. The van der Waals surface area contributed by atoms with E-state index in [2.05, 4.69) is 4.98 Å². The fraction of sp³-hybridized carbons (Fsp3) is 0.636. The van der Waals surface area contributed by atoms with Crippen LogP contribution in [0, 0.1) is 11.2 Å². The van der Waals surface area contributed by atoms with Crippen LogP contribution < -0.4 is 11.2 Å². The van der Waals surface area contributed by atoms with Crippen molar-refractivity contribution < 1.29 is 4.39 Å². The largest absolute Gasteiger partial charge is 0.329 e. The Bertz CT molecular complexity index is 548. The van der Waals surface area contributed by atoms with Gasteiger partial charge in [0.25, 0.3) is 5.56 Å². The molecule has 0 atom stereocenters. The number of hydrogen-bond donors (Lipinski definition) is 1. The molecule has 0 aromatic carbocycles. The van der Waals surface area contributed by atoms with E-state index in [9.17, 15) is 14.0 Å². The minimum atomic E-state index is -1.13. The monoisotopic (exact) mass is 277 g/mol. The zero-order chi connectivity index (χ0) is 14.1. The molecule has 0 bridgehead atoms. The molecule has 1 rings (SSSR count). The molecule has 0 unspecified atom stereocenters. The number of nitrogens with one attached hydrogen (secondary N) is 1. The molecule has 102 valence electrons. The SMILES string of the molecule is CN(C)CC(C)(C)Cn1c(=O)[nH]c(Cl)c(F)c1=O. The zero-order valence-electron chi connectivity index (χ0n) is 10.9. The summed E-state index contributed by atoms with van der Waals surface area (Å²) in [5, 5.41) is -0.549. The molecule has 0 aliphatic carbocycles. The fourth-order valence-corrected chi connectivity index (χ4v) is 2.16. The molecule has 1 aromatic heterocycles. The maximum atomic E-state index is 13.4. The van der Waals surface area contributed by atoms with E-state index in [-0.39, 0.29) is 12.0 Å². The Balaban J connectivity index is 3.17. The molecular weight excluding hydrogens is 261 g/mol. The van der Waals surface area contributed by atoms with Crippen LogP contribution in [-0.2, 0) is 6.54 Å². The van der Waals surface area contributed by atoms with Crippen molar-refractivity contribution in [1.82, 2.24) is 14.5 Å². The van der Waals surface area contributed by atoms with E-state index < -0.39 is 22.2 Å². The molecule has 1 aromatic rings. The molecule has 0 saturated carbocycles.